The first-order valence-corrected chi connectivity index (χ1v) is 8.20. The zero-order valence-electron chi connectivity index (χ0n) is 13.5. The van der Waals surface area contributed by atoms with Crippen molar-refractivity contribution >= 4 is 23.3 Å². The molecule has 0 radical (unpaired) electrons. The SMILES string of the molecule is COc1ccc(CCNC(=O)C(C#N)=Cc2cccs2)cc1OC. The molecule has 0 aliphatic carbocycles. The van der Waals surface area contributed by atoms with Gasteiger partial charge in [0.1, 0.15) is 11.6 Å². The summed E-state index contributed by atoms with van der Waals surface area (Å²) >= 11 is 1.48. The van der Waals surface area contributed by atoms with Crippen LogP contribution in [-0.4, -0.2) is 26.7 Å². The van der Waals surface area contributed by atoms with E-state index in [1.807, 2.05) is 41.8 Å². The minimum Gasteiger partial charge on any atom is -0.493 e. The molecule has 1 amide bonds. The molecule has 0 bridgehead atoms. The molecule has 1 N–H and O–H groups in total. The van der Waals surface area contributed by atoms with Gasteiger partial charge in [0.15, 0.2) is 11.5 Å². The predicted octanol–water partition coefficient (Wildman–Crippen LogP) is 3.03. The highest BCUT2D eigenvalue weighted by atomic mass is 32.1. The van der Waals surface area contributed by atoms with Crippen LogP contribution in [0, 0.1) is 11.3 Å². The molecule has 0 saturated carbocycles. The molecule has 2 aromatic rings. The van der Waals surface area contributed by atoms with E-state index < -0.39 is 0 Å². The molecule has 1 aromatic carbocycles. The Bertz CT molecular complexity index is 761. The summed E-state index contributed by atoms with van der Waals surface area (Å²) in [6.45, 7) is 0.428. The first-order valence-electron chi connectivity index (χ1n) is 7.32. The number of carbonyl (C=O) groups excluding carboxylic acids is 1. The van der Waals surface area contributed by atoms with E-state index in [1.54, 1.807) is 20.3 Å². The second kappa shape index (κ2) is 8.75. The number of methoxy groups -OCH3 is 2. The summed E-state index contributed by atoms with van der Waals surface area (Å²) in [7, 11) is 3.17. The summed E-state index contributed by atoms with van der Waals surface area (Å²) in [5.41, 5.74) is 1.11. The molecule has 6 heteroatoms. The Hall–Kier alpha value is -2.78. The van der Waals surface area contributed by atoms with Crippen LogP contribution in [0.1, 0.15) is 10.4 Å². The molecule has 0 saturated heterocycles. The lowest BCUT2D eigenvalue weighted by atomic mass is 10.1. The summed E-state index contributed by atoms with van der Waals surface area (Å²) in [6.07, 6.45) is 2.22. The first-order chi connectivity index (χ1) is 11.7. The van der Waals surface area contributed by atoms with Crippen LogP contribution in [0.5, 0.6) is 11.5 Å². The Morgan fingerprint density at radius 2 is 2.08 bits per heavy atom. The molecule has 0 spiro atoms. The van der Waals surface area contributed by atoms with Crippen molar-refractivity contribution < 1.29 is 14.3 Å². The number of carbonyl (C=O) groups is 1. The van der Waals surface area contributed by atoms with Gasteiger partial charge in [0.25, 0.3) is 5.91 Å². The van der Waals surface area contributed by atoms with Crippen LogP contribution in [0.15, 0.2) is 41.3 Å². The van der Waals surface area contributed by atoms with E-state index in [9.17, 15) is 4.79 Å². The van der Waals surface area contributed by atoms with Crippen molar-refractivity contribution in [2.24, 2.45) is 0 Å². The zero-order valence-corrected chi connectivity index (χ0v) is 14.4. The summed E-state index contributed by atoms with van der Waals surface area (Å²) in [5.74, 6) is 0.943. The normalized spacial score (nSPS) is 10.8. The Kier molecular flexibility index (Phi) is 6.41. The van der Waals surface area contributed by atoms with Crippen molar-refractivity contribution in [3.05, 3.63) is 51.7 Å². The molecule has 0 aliphatic rings. The number of ether oxygens (including phenoxy) is 2. The van der Waals surface area contributed by atoms with Gasteiger partial charge in [0, 0.05) is 11.4 Å². The summed E-state index contributed by atoms with van der Waals surface area (Å²) in [6, 6.07) is 11.3. The fraction of sp³-hybridized carbons (Fsp3) is 0.222. The fourth-order valence-electron chi connectivity index (χ4n) is 2.12. The predicted molar refractivity (Wildman–Crippen MR) is 94.2 cm³/mol. The lowest BCUT2D eigenvalue weighted by Gasteiger charge is -2.10. The van der Waals surface area contributed by atoms with E-state index in [0.717, 1.165) is 10.4 Å². The van der Waals surface area contributed by atoms with E-state index >= 15 is 0 Å². The van der Waals surface area contributed by atoms with Crippen molar-refractivity contribution in [2.45, 2.75) is 6.42 Å². The van der Waals surface area contributed by atoms with Gasteiger partial charge in [-0.1, -0.05) is 12.1 Å². The Morgan fingerprint density at radius 1 is 1.29 bits per heavy atom. The van der Waals surface area contributed by atoms with Crippen LogP contribution in [-0.2, 0) is 11.2 Å². The number of thiophene rings is 1. The van der Waals surface area contributed by atoms with Crippen LogP contribution >= 0.6 is 11.3 Å². The average molecular weight is 342 g/mol. The van der Waals surface area contributed by atoms with E-state index in [1.165, 1.54) is 11.3 Å². The lowest BCUT2D eigenvalue weighted by molar-refractivity contribution is -0.117. The van der Waals surface area contributed by atoms with Gasteiger partial charge in [-0.05, 0) is 41.6 Å². The third kappa shape index (κ3) is 4.61. The van der Waals surface area contributed by atoms with Gasteiger partial charge in [-0.2, -0.15) is 5.26 Å². The number of nitrogens with one attached hydrogen (secondary N) is 1. The Balaban J connectivity index is 1.94. The quantitative estimate of drug-likeness (QED) is 0.620. The highest BCUT2D eigenvalue weighted by Crippen LogP contribution is 2.27. The number of benzene rings is 1. The van der Waals surface area contributed by atoms with Crippen LogP contribution in [0.2, 0.25) is 0 Å². The number of hydrogen-bond donors (Lipinski definition) is 1. The molecule has 0 fully saturated rings. The maximum Gasteiger partial charge on any atom is 0.261 e. The Morgan fingerprint density at radius 3 is 2.71 bits per heavy atom. The minimum atomic E-state index is -0.369. The van der Waals surface area contributed by atoms with Crippen molar-refractivity contribution in [1.82, 2.24) is 5.32 Å². The summed E-state index contributed by atoms with van der Waals surface area (Å²) in [4.78, 5) is 12.9. The van der Waals surface area contributed by atoms with E-state index in [-0.39, 0.29) is 11.5 Å². The highest BCUT2D eigenvalue weighted by Gasteiger charge is 2.09. The molecule has 0 atom stereocenters. The molecular formula is C18H18N2O3S. The third-order valence-electron chi connectivity index (χ3n) is 3.34. The molecule has 1 heterocycles. The summed E-state index contributed by atoms with van der Waals surface area (Å²) in [5, 5.41) is 13.8. The third-order valence-corrected chi connectivity index (χ3v) is 4.16. The largest absolute Gasteiger partial charge is 0.493 e. The molecule has 5 nitrogen and oxygen atoms in total. The molecule has 24 heavy (non-hydrogen) atoms. The molecule has 1 aromatic heterocycles. The van der Waals surface area contributed by atoms with Gasteiger partial charge in [0.2, 0.25) is 0 Å². The van der Waals surface area contributed by atoms with E-state index in [4.69, 9.17) is 14.7 Å². The average Bonchev–Trinajstić information content (AvgIpc) is 3.12. The minimum absolute atomic E-state index is 0.102. The maximum atomic E-state index is 12.1. The number of amides is 1. The van der Waals surface area contributed by atoms with Gasteiger partial charge in [-0.15, -0.1) is 11.3 Å². The molecule has 0 aliphatic heterocycles. The van der Waals surface area contributed by atoms with Crippen molar-refractivity contribution in [3.8, 4) is 17.6 Å². The van der Waals surface area contributed by atoms with Crippen LogP contribution < -0.4 is 14.8 Å². The molecule has 0 unspecified atom stereocenters. The highest BCUT2D eigenvalue weighted by molar-refractivity contribution is 7.10. The topological polar surface area (TPSA) is 71.3 Å². The summed E-state index contributed by atoms with van der Waals surface area (Å²) < 4.78 is 10.4. The van der Waals surface area contributed by atoms with Gasteiger partial charge in [-0.25, -0.2) is 0 Å². The lowest BCUT2D eigenvalue weighted by Crippen LogP contribution is -2.26. The number of hydrogen-bond acceptors (Lipinski definition) is 5. The van der Waals surface area contributed by atoms with Gasteiger partial charge >= 0.3 is 0 Å². The number of nitrogens with zero attached hydrogens (tertiary/aromatic N) is 1. The maximum absolute atomic E-state index is 12.1. The van der Waals surface area contributed by atoms with Crippen molar-refractivity contribution in [2.75, 3.05) is 20.8 Å². The second-order valence-electron chi connectivity index (χ2n) is 4.88. The molecule has 124 valence electrons. The van der Waals surface area contributed by atoms with Crippen LogP contribution in [0.4, 0.5) is 0 Å². The zero-order chi connectivity index (χ0) is 17.4. The van der Waals surface area contributed by atoms with Crippen LogP contribution in [0.3, 0.4) is 0 Å². The molecular weight excluding hydrogens is 324 g/mol. The fourth-order valence-corrected chi connectivity index (χ4v) is 2.77. The smallest absolute Gasteiger partial charge is 0.261 e. The van der Waals surface area contributed by atoms with Gasteiger partial charge in [0.05, 0.1) is 14.2 Å². The number of rotatable bonds is 7. The first kappa shape index (κ1) is 17.6. The van der Waals surface area contributed by atoms with E-state index in [0.29, 0.717) is 24.5 Å². The number of nitriles is 1. The van der Waals surface area contributed by atoms with Crippen LogP contribution in [0.25, 0.3) is 6.08 Å². The second-order valence-corrected chi connectivity index (χ2v) is 5.86. The monoisotopic (exact) mass is 342 g/mol. The van der Waals surface area contributed by atoms with Gasteiger partial charge < -0.3 is 14.8 Å². The van der Waals surface area contributed by atoms with Crippen molar-refractivity contribution in [1.29, 1.82) is 5.26 Å². The van der Waals surface area contributed by atoms with Gasteiger partial charge in [-0.3, -0.25) is 4.79 Å². The van der Waals surface area contributed by atoms with E-state index in [2.05, 4.69) is 5.32 Å². The standard InChI is InChI=1S/C18H18N2O3S/c1-22-16-6-5-13(10-17(16)23-2)7-8-20-18(21)14(12-19)11-15-4-3-9-24-15/h3-6,9-11H,7-8H2,1-2H3,(H,20,21). The Labute approximate surface area is 145 Å². The van der Waals surface area contributed by atoms with Crippen molar-refractivity contribution in [3.63, 3.8) is 0 Å². The molecule has 2 rings (SSSR count).